The Morgan fingerprint density at radius 3 is 1.91 bits per heavy atom. The van der Waals surface area contributed by atoms with Crippen LogP contribution in [0, 0.1) is 17.7 Å². The molecule has 0 aromatic heterocycles. The Bertz CT molecular complexity index is 1050. The maximum Gasteiger partial charge on any atom is 0.170 e. The molecule has 0 spiro atoms. The number of benzene rings is 3. The molecule has 2 aliphatic heterocycles. The summed E-state index contributed by atoms with van der Waals surface area (Å²) in [6.45, 7) is 2.15. The highest BCUT2D eigenvalue weighted by Crippen LogP contribution is 2.55. The molecule has 0 amide bonds. The Hall–Kier alpha value is -2.30. The van der Waals surface area contributed by atoms with Gasteiger partial charge in [-0.25, -0.2) is 4.39 Å². The lowest BCUT2D eigenvalue weighted by Crippen LogP contribution is -2.31. The first kappa shape index (κ1) is 20.3. The van der Waals surface area contributed by atoms with Gasteiger partial charge in [0.2, 0.25) is 0 Å². The van der Waals surface area contributed by atoms with Crippen LogP contribution in [0.2, 0.25) is 0 Å². The molecule has 1 saturated carbocycles. The summed E-state index contributed by atoms with van der Waals surface area (Å²) in [6.07, 6.45) is 5.04. The number of halogens is 1. The van der Waals surface area contributed by atoms with Gasteiger partial charge in [0.15, 0.2) is 26.3 Å². The van der Waals surface area contributed by atoms with Crippen LogP contribution in [0.1, 0.15) is 32.6 Å². The van der Waals surface area contributed by atoms with Gasteiger partial charge in [-0.2, -0.15) is 0 Å². The van der Waals surface area contributed by atoms with Crippen LogP contribution in [0.3, 0.4) is 0 Å². The van der Waals surface area contributed by atoms with Gasteiger partial charge in [-0.05, 0) is 80.8 Å². The summed E-state index contributed by atoms with van der Waals surface area (Å²) in [6, 6.07) is 26.2. The highest BCUT2D eigenvalue weighted by atomic mass is 32.2. The van der Waals surface area contributed by atoms with Gasteiger partial charge in [0.25, 0.3) is 0 Å². The van der Waals surface area contributed by atoms with Crippen molar-refractivity contribution in [2.45, 2.75) is 65.1 Å². The lowest BCUT2D eigenvalue weighted by Gasteiger charge is -2.28. The standard InChI is InChI=1S/C28H28FO2S/c1-28(17-22-23(18-28)26-15-14-25(22)30-26)31-27-13-12-21(16-24(27)29)32(19-8-4-2-5-9-19)20-10-6-3-7-11-20/h2-13,16,22-23,25-26H,14-15,17-18H2,1H3/q+1. The summed E-state index contributed by atoms with van der Waals surface area (Å²) < 4.78 is 27.9. The number of ether oxygens (including phenoxy) is 2. The molecule has 3 aromatic carbocycles. The predicted octanol–water partition coefficient (Wildman–Crippen LogP) is 6.65. The zero-order valence-electron chi connectivity index (χ0n) is 18.2. The smallest absolute Gasteiger partial charge is 0.170 e. The summed E-state index contributed by atoms with van der Waals surface area (Å²) in [4.78, 5) is 3.32. The zero-order valence-corrected chi connectivity index (χ0v) is 19.1. The Kier molecular flexibility index (Phi) is 5.03. The number of hydrogen-bond donors (Lipinski definition) is 0. The van der Waals surface area contributed by atoms with Gasteiger partial charge in [-0.3, -0.25) is 0 Å². The van der Waals surface area contributed by atoms with E-state index in [9.17, 15) is 0 Å². The molecule has 6 rings (SSSR count). The van der Waals surface area contributed by atoms with Crippen molar-refractivity contribution in [2.75, 3.05) is 0 Å². The van der Waals surface area contributed by atoms with E-state index in [1.165, 1.54) is 22.6 Å². The van der Waals surface area contributed by atoms with E-state index in [2.05, 4.69) is 31.2 Å². The van der Waals surface area contributed by atoms with Gasteiger partial charge >= 0.3 is 0 Å². The molecule has 3 aromatic rings. The van der Waals surface area contributed by atoms with Crippen LogP contribution in [0.25, 0.3) is 0 Å². The van der Waals surface area contributed by atoms with Crippen LogP contribution in [0.15, 0.2) is 93.5 Å². The highest BCUT2D eigenvalue weighted by Gasteiger charge is 2.57. The lowest BCUT2D eigenvalue weighted by molar-refractivity contribution is 0.0310. The fourth-order valence-corrected chi connectivity index (χ4v) is 8.18. The van der Waals surface area contributed by atoms with Crippen molar-refractivity contribution < 1.29 is 13.9 Å². The van der Waals surface area contributed by atoms with Crippen molar-refractivity contribution in [3.8, 4) is 5.75 Å². The molecule has 4 heteroatoms. The van der Waals surface area contributed by atoms with Gasteiger partial charge in [-0.15, -0.1) is 0 Å². The van der Waals surface area contributed by atoms with E-state index >= 15 is 4.39 Å². The van der Waals surface area contributed by atoms with Gasteiger partial charge in [0, 0.05) is 6.07 Å². The summed E-state index contributed by atoms with van der Waals surface area (Å²) >= 11 is 0. The summed E-state index contributed by atoms with van der Waals surface area (Å²) in [5, 5.41) is 0. The predicted molar refractivity (Wildman–Crippen MR) is 125 cm³/mol. The first-order chi connectivity index (χ1) is 15.6. The van der Waals surface area contributed by atoms with Gasteiger partial charge < -0.3 is 9.47 Å². The molecule has 2 saturated heterocycles. The van der Waals surface area contributed by atoms with E-state index in [1.807, 2.05) is 48.5 Å². The summed E-state index contributed by atoms with van der Waals surface area (Å²) in [5.74, 6) is 1.24. The largest absolute Gasteiger partial charge is 0.484 e. The molecular formula is C28H28FO2S+. The van der Waals surface area contributed by atoms with Crippen molar-refractivity contribution in [2.24, 2.45) is 11.8 Å². The van der Waals surface area contributed by atoms with E-state index < -0.39 is 0 Å². The van der Waals surface area contributed by atoms with Crippen LogP contribution in [-0.2, 0) is 15.6 Å². The molecule has 32 heavy (non-hydrogen) atoms. The summed E-state index contributed by atoms with van der Waals surface area (Å²) in [5.41, 5.74) is -0.317. The van der Waals surface area contributed by atoms with Crippen molar-refractivity contribution in [1.82, 2.24) is 0 Å². The van der Waals surface area contributed by atoms with Crippen molar-refractivity contribution in [3.63, 3.8) is 0 Å². The molecule has 3 aliphatic rings. The maximum absolute atomic E-state index is 15.4. The average molecular weight is 448 g/mol. The van der Waals surface area contributed by atoms with Crippen LogP contribution in [0.4, 0.5) is 4.39 Å². The number of hydrogen-bond acceptors (Lipinski definition) is 2. The molecule has 1 aliphatic carbocycles. The Morgan fingerprint density at radius 2 is 1.38 bits per heavy atom. The SMILES string of the molecule is CC1(Oc2ccc([S+](c3ccccc3)c3ccccc3)cc2F)CC2C3CCC(O3)C2C1. The Balaban J connectivity index is 1.28. The van der Waals surface area contributed by atoms with E-state index in [4.69, 9.17) is 9.47 Å². The first-order valence-corrected chi connectivity index (χ1v) is 12.8. The second-order valence-corrected chi connectivity index (χ2v) is 11.6. The molecule has 3 fully saturated rings. The van der Waals surface area contributed by atoms with E-state index in [-0.39, 0.29) is 22.3 Å². The number of fused-ring (bicyclic) bond motifs is 5. The minimum absolute atomic E-state index is 0.274. The second kappa shape index (κ2) is 7.93. The van der Waals surface area contributed by atoms with Crippen molar-refractivity contribution in [1.29, 1.82) is 0 Å². The highest BCUT2D eigenvalue weighted by molar-refractivity contribution is 7.97. The monoisotopic (exact) mass is 447 g/mol. The quantitative estimate of drug-likeness (QED) is 0.408. The minimum atomic E-state index is -0.365. The molecule has 2 heterocycles. The molecule has 0 N–H and O–H groups in total. The zero-order chi connectivity index (χ0) is 21.7. The topological polar surface area (TPSA) is 18.5 Å². The molecule has 164 valence electrons. The average Bonchev–Trinajstić information content (AvgIpc) is 3.50. The van der Waals surface area contributed by atoms with E-state index in [1.54, 1.807) is 6.07 Å². The third kappa shape index (κ3) is 3.54. The van der Waals surface area contributed by atoms with Gasteiger partial charge in [0.1, 0.15) is 5.60 Å². The first-order valence-electron chi connectivity index (χ1n) is 11.6. The summed E-state index contributed by atoms with van der Waals surface area (Å²) in [7, 11) is -0.365. The normalized spacial score (nSPS) is 30.6. The van der Waals surface area contributed by atoms with Crippen LogP contribution >= 0.6 is 0 Å². The Morgan fingerprint density at radius 1 is 0.812 bits per heavy atom. The van der Waals surface area contributed by atoms with Crippen molar-refractivity contribution >= 4 is 10.9 Å². The number of rotatable bonds is 5. The molecule has 4 atom stereocenters. The minimum Gasteiger partial charge on any atom is -0.484 e. The van der Waals surface area contributed by atoms with Gasteiger partial charge in [0.05, 0.1) is 23.1 Å². The molecule has 2 bridgehead atoms. The molecular weight excluding hydrogens is 419 g/mol. The van der Waals surface area contributed by atoms with Crippen molar-refractivity contribution in [3.05, 3.63) is 84.7 Å². The fraction of sp³-hybridized carbons (Fsp3) is 0.357. The van der Waals surface area contributed by atoms with E-state index in [0.29, 0.717) is 29.8 Å². The Labute approximate surface area is 192 Å². The molecule has 4 unspecified atom stereocenters. The maximum atomic E-state index is 15.4. The third-order valence-corrected chi connectivity index (χ3v) is 9.59. The fourth-order valence-electron chi connectivity index (χ4n) is 6.08. The second-order valence-electron chi connectivity index (χ2n) is 9.60. The third-order valence-electron chi connectivity index (χ3n) is 7.38. The lowest BCUT2D eigenvalue weighted by atomic mass is 9.82. The van der Waals surface area contributed by atoms with Crippen LogP contribution < -0.4 is 4.74 Å². The molecule has 0 radical (unpaired) electrons. The van der Waals surface area contributed by atoms with Crippen LogP contribution in [-0.4, -0.2) is 17.8 Å². The van der Waals surface area contributed by atoms with Gasteiger partial charge in [-0.1, -0.05) is 36.4 Å². The van der Waals surface area contributed by atoms with Crippen LogP contribution in [0.5, 0.6) is 5.75 Å². The van der Waals surface area contributed by atoms with E-state index in [0.717, 1.165) is 17.7 Å². The molecule has 2 nitrogen and oxygen atoms in total.